The minimum atomic E-state index is -0.428. The van der Waals surface area contributed by atoms with Crippen molar-refractivity contribution < 1.29 is 14.0 Å². The maximum absolute atomic E-state index is 13.7. The summed E-state index contributed by atoms with van der Waals surface area (Å²) in [5.74, 6) is -0.702. The van der Waals surface area contributed by atoms with Crippen molar-refractivity contribution in [2.45, 2.75) is 20.4 Å². The third kappa shape index (κ3) is 5.58. The summed E-state index contributed by atoms with van der Waals surface area (Å²) in [6.07, 6.45) is 0. The topological polar surface area (TPSA) is 96.0 Å². The van der Waals surface area contributed by atoms with Crippen LogP contribution in [-0.4, -0.2) is 21.8 Å². The lowest BCUT2D eigenvalue weighted by molar-refractivity contribution is -0.114. The predicted octanol–water partition coefficient (Wildman–Crippen LogP) is 3.56. The Bertz CT molecular complexity index is 1040. The Morgan fingerprint density at radius 1 is 1.00 bits per heavy atom. The molecule has 3 rings (SSSR count). The van der Waals surface area contributed by atoms with Gasteiger partial charge in [-0.1, -0.05) is 18.2 Å². The number of nitrogens with one attached hydrogen (secondary N) is 3. The van der Waals surface area contributed by atoms with E-state index in [9.17, 15) is 14.0 Å². The normalized spacial score (nSPS) is 10.3. The van der Waals surface area contributed by atoms with Crippen LogP contribution in [0, 0.1) is 12.7 Å². The molecule has 2 amide bonds. The van der Waals surface area contributed by atoms with E-state index in [0.29, 0.717) is 22.6 Å². The number of halogens is 1. The van der Waals surface area contributed by atoms with Crippen molar-refractivity contribution in [3.8, 4) is 0 Å². The molecule has 3 aromatic rings. The standard InChI is InChI=1S/C21H20FN5O2/c1-13-11-19(20(29)23-12-15-5-3-4-6-18(15)22)27-21(24-13)26-17-9-7-16(8-10-17)25-14(2)28/h3-11H,12H2,1-2H3,(H,23,29)(H,25,28)(H,24,26,27). The Hall–Kier alpha value is -3.81. The van der Waals surface area contributed by atoms with E-state index in [-0.39, 0.29) is 29.9 Å². The van der Waals surface area contributed by atoms with E-state index in [1.54, 1.807) is 55.5 Å². The first-order valence-corrected chi connectivity index (χ1v) is 8.92. The Morgan fingerprint density at radius 3 is 2.38 bits per heavy atom. The van der Waals surface area contributed by atoms with Crippen LogP contribution in [0.25, 0.3) is 0 Å². The zero-order chi connectivity index (χ0) is 20.8. The van der Waals surface area contributed by atoms with Crippen LogP contribution < -0.4 is 16.0 Å². The van der Waals surface area contributed by atoms with Gasteiger partial charge in [-0.15, -0.1) is 0 Å². The van der Waals surface area contributed by atoms with Gasteiger partial charge < -0.3 is 16.0 Å². The van der Waals surface area contributed by atoms with E-state index in [0.717, 1.165) is 0 Å². The maximum atomic E-state index is 13.7. The number of carbonyl (C=O) groups is 2. The smallest absolute Gasteiger partial charge is 0.270 e. The summed E-state index contributed by atoms with van der Waals surface area (Å²) in [5.41, 5.74) is 2.53. The van der Waals surface area contributed by atoms with Crippen molar-refractivity contribution in [2.75, 3.05) is 10.6 Å². The van der Waals surface area contributed by atoms with Gasteiger partial charge in [0.25, 0.3) is 5.91 Å². The molecule has 2 aromatic carbocycles. The summed E-state index contributed by atoms with van der Waals surface area (Å²) < 4.78 is 13.7. The zero-order valence-electron chi connectivity index (χ0n) is 16.0. The van der Waals surface area contributed by atoms with Crippen molar-refractivity contribution >= 4 is 29.1 Å². The summed E-state index contributed by atoms with van der Waals surface area (Å²) in [7, 11) is 0. The molecule has 0 bridgehead atoms. The van der Waals surface area contributed by atoms with Gasteiger partial charge in [-0.05, 0) is 43.3 Å². The number of rotatable bonds is 6. The van der Waals surface area contributed by atoms with Crippen LogP contribution in [0.5, 0.6) is 0 Å². The van der Waals surface area contributed by atoms with Crippen LogP contribution in [0.3, 0.4) is 0 Å². The molecule has 0 spiro atoms. The van der Waals surface area contributed by atoms with E-state index in [4.69, 9.17) is 0 Å². The Labute approximate surface area is 167 Å². The number of anilines is 3. The molecule has 0 aliphatic carbocycles. The van der Waals surface area contributed by atoms with Crippen molar-refractivity contribution in [3.63, 3.8) is 0 Å². The van der Waals surface area contributed by atoms with Crippen molar-refractivity contribution in [3.05, 3.63) is 77.4 Å². The first kappa shape index (κ1) is 19.9. The van der Waals surface area contributed by atoms with Crippen LogP contribution in [0.4, 0.5) is 21.7 Å². The fraction of sp³-hybridized carbons (Fsp3) is 0.143. The van der Waals surface area contributed by atoms with Crippen LogP contribution in [0.2, 0.25) is 0 Å². The zero-order valence-corrected chi connectivity index (χ0v) is 16.0. The molecule has 3 N–H and O–H groups in total. The molecule has 0 aliphatic rings. The summed E-state index contributed by atoms with van der Waals surface area (Å²) in [5, 5.41) is 8.37. The highest BCUT2D eigenvalue weighted by Crippen LogP contribution is 2.17. The highest BCUT2D eigenvalue weighted by atomic mass is 19.1. The second-order valence-electron chi connectivity index (χ2n) is 6.38. The van der Waals surface area contributed by atoms with Gasteiger partial charge in [-0.3, -0.25) is 9.59 Å². The van der Waals surface area contributed by atoms with Crippen molar-refractivity contribution in [1.29, 1.82) is 0 Å². The third-order valence-electron chi connectivity index (χ3n) is 3.95. The maximum Gasteiger partial charge on any atom is 0.270 e. The van der Waals surface area contributed by atoms with Gasteiger partial charge in [0.1, 0.15) is 11.5 Å². The molecule has 7 nitrogen and oxygen atoms in total. The Kier molecular flexibility index (Phi) is 6.13. The minimum absolute atomic E-state index is 0.0575. The SMILES string of the molecule is CC(=O)Nc1ccc(Nc2nc(C)cc(C(=O)NCc3ccccc3F)n2)cc1. The van der Waals surface area contributed by atoms with Gasteiger partial charge in [-0.25, -0.2) is 14.4 Å². The third-order valence-corrected chi connectivity index (χ3v) is 3.95. The molecule has 0 atom stereocenters. The first-order chi connectivity index (χ1) is 13.9. The lowest BCUT2D eigenvalue weighted by atomic mass is 10.2. The minimum Gasteiger partial charge on any atom is -0.347 e. The molecule has 1 heterocycles. The second kappa shape index (κ2) is 8.92. The molecule has 1 aromatic heterocycles. The number of amides is 2. The molecular formula is C21H20FN5O2. The van der Waals surface area contributed by atoms with E-state index >= 15 is 0 Å². The van der Waals surface area contributed by atoms with Gasteiger partial charge >= 0.3 is 0 Å². The van der Waals surface area contributed by atoms with Crippen LogP contribution in [-0.2, 0) is 11.3 Å². The average molecular weight is 393 g/mol. The lowest BCUT2D eigenvalue weighted by Crippen LogP contribution is -2.25. The van der Waals surface area contributed by atoms with Gasteiger partial charge in [0.15, 0.2) is 0 Å². The second-order valence-corrected chi connectivity index (χ2v) is 6.38. The quantitative estimate of drug-likeness (QED) is 0.595. The predicted molar refractivity (Wildman–Crippen MR) is 108 cm³/mol. The summed E-state index contributed by atoms with van der Waals surface area (Å²) in [6, 6.07) is 14.8. The average Bonchev–Trinajstić information content (AvgIpc) is 2.68. The molecule has 148 valence electrons. The number of carbonyl (C=O) groups excluding carboxylic acids is 2. The fourth-order valence-electron chi connectivity index (χ4n) is 2.62. The first-order valence-electron chi connectivity index (χ1n) is 8.92. The molecule has 0 saturated carbocycles. The summed E-state index contributed by atoms with van der Waals surface area (Å²) in [6.45, 7) is 3.24. The lowest BCUT2D eigenvalue weighted by Gasteiger charge is -2.10. The van der Waals surface area contributed by atoms with Gasteiger partial charge in [0, 0.05) is 36.1 Å². The van der Waals surface area contributed by atoms with E-state index in [1.807, 2.05) is 0 Å². The van der Waals surface area contributed by atoms with Crippen LogP contribution in [0.1, 0.15) is 28.7 Å². The molecule has 0 aliphatic heterocycles. The van der Waals surface area contributed by atoms with E-state index in [1.165, 1.54) is 13.0 Å². The van der Waals surface area contributed by atoms with Crippen molar-refractivity contribution in [2.24, 2.45) is 0 Å². The number of nitrogens with zero attached hydrogens (tertiary/aromatic N) is 2. The van der Waals surface area contributed by atoms with Crippen LogP contribution >= 0.6 is 0 Å². The molecule has 0 saturated heterocycles. The fourth-order valence-corrected chi connectivity index (χ4v) is 2.62. The van der Waals surface area contributed by atoms with Gasteiger partial charge in [-0.2, -0.15) is 0 Å². The van der Waals surface area contributed by atoms with Crippen molar-refractivity contribution in [1.82, 2.24) is 15.3 Å². The molecule has 0 radical (unpaired) electrons. The number of aryl methyl sites for hydroxylation is 1. The van der Waals surface area contributed by atoms with Gasteiger partial charge in [0.2, 0.25) is 11.9 Å². The molecule has 0 fully saturated rings. The molecule has 29 heavy (non-hydrogen) atoms. The molecule has 8 heteroatoms. The van der Waals surface area contributed by atoms with E-state index < -0.39 is 5.91 Å². The number of aromatic nitrogens is 2. The number of hydrogen-bond acceptors (Lipinski definition) is 5. The van der Waals surface area contributed by atoms with Crippen LogP contribution in [0.15, 0.2) is 54.6 Å². The molecular weight excluding hydrogens is 373 g/mol. The summed E-state index contributed by atoms with van der Waals surface area (Å²) >= 11 is 0. The Morgan fingerprint density at radius 2 is 1.69 bits per heavy atom. The van der Waals surface area contributed by atoms with Gasteiger partial charge in [0.05, 0.1) is 0 Å². The highest BCUT2D eigenvalue weighted by Gasteiger charge is 2.12. The highest BCUT2D eigenvalue weighted by molar-refractivity contribution is 5.92. The molecule has 0 unspecified atom stereocenters. The number of benzene rings is 2. The monoisotopic (exact) mass is 393 g/mol. The Balaban J connectivity index is 1.69. The largest absolute Gasteiger partial charge is 0.347 e. The number of hydrogen-bond donors (Lipinski definition) is 3. The summed E-state index contributed by atoms with van der Waals surface area (Å²) in [4.78, 5) is 32.0. The van der Waals surface area contributed by atoms with E-state index in [2.05, 4.69) is 25.9 Å².